The first kappa shape index (κ1) is 15.8. The van der Waals surface area contributed by atoms with Crippen LogP contribution in [0.2, 0.25) is 0 Å². The van der Waals surface area contributed by atoms with Crippen molar-refractivity contribution in [3.05, 3.63) is 64.4 Å². The second-order valence-electron chi connectivity index (χ2n) is 4.70. The predicted molar refractivity (Wildman–Crippen MR) is 85.1 cm³/mol. The molecule has 0 fully saturated rings. The van der Waals surface area contributed by atoms with Crippen LogP contribution < -0.4 is 0 Å². The molecule has 0 aliphatic heterocycles. The highest BCUT2D eigenvalue weighted by molar-refractivity contribution is 9.10. The van der Waals surface area contributed by atoms with Crippen molar-refractivity contribution >= 4 is 21.7 Å². The Morgan fingerprint density at radius 3 is 2.57 bits per heavy atom. The lowest BCUT2D eigenvalue weighted by atomic mass is 10.2. The number of nitrogens with zero attached hydrogens (tertiary/aromatic N) is 2. The van der Waals surface area contributed by atoms with Crippen molar-refractivity contribution in [3.8, 4) is 0 Å². The Balaban J connectivity index is 2.02. The van der Waals surface area contributed by atoms with Crippen molar-refractivity contribution in [2.75, 3.05) is 19.7 Å². The van der Waals surface area contributed by atoms with Crippen LogP contribution in [-0.4, -0.2) is 40.5 Å². The highest BCUT2D eigenvalue weighted by Crippen LogP contribution is 2.09. The Labute approximate surface area is 132 Å². The van der Waals surface area contributed by atoms with Crippen molar-refractivity contribution < 1.29 is 9.90 Å². The lowest BCUT2D eigenvalue weighted by molar-refractivity contribution is 0.0903. The fourth-order valence-electron chi connectivity index (χ4n) is 2.02. The number of pyridine rings is 1. The molecule has 0 radical (unpaired) electrons. The van der Waals surface area contributed by atoms with E-state index in [2.05, 4.69) is 20.9 Å². The number of carbonyl (C=O) groups excluding carboxylic acids is 1. The molecule has 0 atom stereocenters. The third-order valence-electron chi connectivity index (χ3n) is 3.05. The van der Waals surface area contributed by atoms with Gasteiger partial charge in [-0.2, -0.15) is 0 Å². The minimum absolute atomic E-state index is 0.0217. The molecule has 1 heterocycles. The number of hydrogen-bond donors (Lipinski definition) is 1. The van der Waals surface area contributed by atoms with E-state index in [1.54, 1.807) is 18.3 Å². The number of aromatic nitrogens is 1. The highest BCUT2D eigenvalue weighted by Gasteiger charge is 2.13. The molecule has 4 nitrogen and oxygen atoms in total. The Morgan fingerprint density at radius 1 is 1.19 bits per heavy atom. The molecule has 2 rings (SSSR count). The molecule has 0 saturated carbocycles. The first-order chi connectivity index (χ1) is 10.2. The van der Waals surface area contributed by atoms with E-state index in [0.717, 1.165) is 10.0 Å². The Kier molecular flexibility index (Phi) is 6.04. The molecule has 0 aliphatic carbocycles. The largest absolute Gasteiger partial charge is 0.395 e. The zero-order chi connectivity index (χ0) is 15.1. The first-order valence-electron chi connectivity index (χ1n) is 6.71. The molecular weight excluding hydrogens is 332 g/mol. The number of Topliss-reactive ketones (excluding diaryl/α,β-unsaturated/α-hetero) is 1. The molecule has 1 N–H and O–H groups in total. The number of halogens is 1. The van der Waals surface area contributed by atoms with E-state index in [4.69, 9.17) is 5.11 Å². The molecule has 110 valence electrons. The Morgan fingerprint density at radius 2 is 1.95 bits per heavy atom. The van der Waals surface area contributed by atoms with Crippen LogP contribution >= 0.6 is 15.9 Å². The van der Waals surface area contributed by atoms with Gasteiger partial charge in [-0.15, -0.1) is 0 Å². The van der Waals surface area contributed by atoms with Crippen LogP contribution in [0.5, 0.6) is 0 Å². The van der Waals surface area contributed by atoms with Crippen LogP contribution in [0.3, 0.4) is 0 Å². The van der Waals surface area contributed by atoms with Crippen molar-refractivity contribution in [2.45, 2.75) is 6.54 Å². The number of aliphatic hydroxyl groups is 1. The number of carbonyl (C=O) groups is 1. The van der Waals surface area contributed by atoms with Crippen LogP contribution in [0.15, 0.2) is 53.1 Å². The Bertz CT molecular complexity index is 573. The molecule has 0 saturated heterocycles. The van der Waals surface area contributed by atoms with Gasteiger partial charge in [0.2, 0.25) is 0 Å². The van der Waals surface area contributed by atoms with Gasteiger partial charge in [-0.05, 0) is 33.6 Å². The second kappa shape index (κ2) is 8.02. The second-order valence-corrected chi connectivity index (χ2v) is 5.62. The fraction of sp³-hybridized carbons (Fsp3) is 0.250. The maximum atomic E-state index is 12.2. The van der Waals surface area contributed by atoms with E-state index < -0.39 is 0 Å². The van der Waals surface area contributed by atoms with E-state index in [-0.39, 0.29) is 18.9 Å². The number of rotatable bonds is 7. The molecular formula is C16H17BrN2O2. The van der Waals surface area contributed by atoms with Gasteiger partial charge in [-0.1, -0.05) is 30.3 Å². The lowest BCUT2D eigenvalue weighted by Crippen LogP contribution is -2.32. The number of aliphatic hydroxyl groups excluding tert-OH is 1. The predicted octanol–water partition coefficient (Wildman–Crippen LogP) is 2.52. The number of ketones is 1. The normalized spacial score (nSPS) is 10.8. The molecule has 5 heteroatoms. The van der Waals surface area contributed by atoms with Crippen molar-refractivity contribution in [1.29, 1.82) is 0 Å². The van der Waals surface area contributed by atoms with Crippen molar-refractivity contribution in [2.24, 2.45) is 0 Å². The van der Waals surface area contributed by atoms with Crippen LogP contribution in [0.1, 0.15) is 16.1 Å². The average Bonchev–Trinajstić information content (AvgIpc) is 2.49. The van der Waals surface area contributed by atoms with E-state index >= 15 is 0 Å². The molecule has 0 spiro atoms. The van der Waals surface area contributed by atoms with Gasteiger partial charge in [-0.3, -0.25) is 14.7 Å². The Hall–Kier alpha value is -1.56. The number of hydrogen-bond acceptors (Lipinski definition) is 4. The topological polar surface area (TPSA) is 53.4 Å². The summed E-state index contributed by atoms with van der Waals surface area (Å²) >= 11 is 3.30. The number of benzene rings is 1. The average molecular weight is 349 g/mol. The van der Waals surface area contributed by atoms with E-state index in [9.17, 15) is 4.79 Å². The van der Waals surface area contributed by atoms with Gasteiger partial charge in [0.25, 0.3) is 0 Å². The minimum atomic E-state index is -0.0492. The fourth-order valence-corrected chi connectivity index (χ4v) is 2.26. The van der Waals surface area contributed by atoms with Gasteiger partial charge in [0.05, 0.1) is 13.2 Å². The molecule has 1 aromatic heterocycles. The van der Waals surface area contributed by atoms with Gasteiger partial charge in [0.15, 0.2) is 5.78 Å². The summed E-state index contributed by atoms with van der Waals surface area (Å²) in [4.78, 5) is 18.3. The molecule has 2 aromatic rings. The van der Waals surface area contributed by atoms with E-state index in [1.807, 2.05) is 35.2 Å². The minimum Gasteiger partial charge on any atom is -0.395 e. The van der Waals surface area contributed by atoms with Gasteiger partial charge in [-0.25, -0.2) is 0 Å². The highest BCUT2D eigenvalue weighted by atomic mass is 79.9. The summed E-state index contributed by atoms with van der Waals surface area (Å²) in [5.41, 5.74) is 1.55. The summed E-state index contributed by atoms with van der Waals surface area (Å²) in [7, 11) is 0. The molecule has 0 amide bonds. The first-order valence-corrected chi connectivity index (χ1v) is 7.50. The monoisotopic (exact) mass is 348 g/mol. The zero-order valence-electron chi connectivity index (χ0n) is 11.6. The zero-order valence-corrected chi connectivity index (χ0v) is 13.2. The quantitative estimate of drug-likeness (QED) is 0.781. The van der Waals surface area contributed by atoms with E-state index in [1.165, 1.54) is 0 Å². The summed E-state index contributed by atoms with van der Waals surface area (Å²) < 4.78 is 0.843. The van der Waals surface area contributed by atoms with Crippen LogP contribution in [-0.2, 0) is 6.54 Å². The van der Waals surface area contributed by atoms with Crippen molar-refractivity contribution in [3.63, 3.8) is 0 Å². The molecule has 0 unspecified atom stereocenters. The smallest absolute Gasteiger partial charge is 0.195 e. The van der Waals surface area contributed by atoms with Crippen LogP contribution in [0, 0.1) is 0 Å². The molecule has 1 aromatic carbocycles. The van der Waals surface area contributed by atoms with Gasteiger partial charge >= 0.3 is 0 Å². The van der Waals surface area contributed by atoms with Gasteiger partial charge in [0, 0.05) is 23.8 Å². The summed E-state index contributed by atoms with van der Waals surface area (Å²) in [6.07, 6.45) is 1.61. The summed E-state index contributed by atoms with van der Waals surface area (Å²) in [6.45, 7) is 1.35. The van der Waals surface area contributed by atoms with Gasteiger partial charge < -0.3 is 5.11 Å². The standard InChI is InChI=1S/C16H17BrN2O2/c17-14-6-7-15(18-10-14)16(21)12-19(8-9-20)11-13-4-2-1-3-5-13/h1-7,10,20H,8-9,11-12H2. The van der Waals surface area contributed by atoms with Crippen LogP contribution in [0.4, 0.5) is 0 Å². The maximum Gasteiger partial charge on any atom is 0.195 e. The van der Waals surface area contributed by atoms with Crippen LogP contribution in [0.25, 0.3) is 0 Å². The summed E-state index contributed by atoms with van der Waals surface area (Å²) in [5.74, 6) is -0.0492. The lowest BCUT2D eigenvalue weighted by Gasteiger charge is -2.20. The molecule has 0 aliphatic rings. The summed E-state index contributed by atoms with van der Waals surface area (Å²) in [5, 5.41) is 9.16. The maximum absolute atomic E-state index is 12.2. The SMILES string of the molecule is O=C(CN(CCO)Cc1ccccc1)c1ccc(Br)cn1. The van der Waals surface area contributed by atoms with Gasteiger partial charge in [0.1, 0.15) is 5.69 Å². The third-order valence-corrected chi connectivity index (χ3v) is 3.51. The molecule has 0 bridgehead atoms. The third kappa shape index (κ3) is 5.04. The van der Waals surface area contributed by atoms with E-state index in [0.29, 0.717) is 18.8 Å². The van der Waals surface area contributed by atoms with Crippen molar-refractivity contribution in [1.82, 2.24) is 9.88 Å². The summed E-state index contributed by atoms with van der Waals surface area (Å²) in [6, 6.07) is 13.4. The molecule has 21 heavy (non-hydrogen) atoms.